The van der Waals surface area contributed by atoms with Crippen LogP contribution in [0.5, 0.6) is 0 Å². The zero-order chi connectivity index (χ0) is 28.6. The Morgan fingerprint density at radius 1 is 0.949 bits per heavy atom. The number of likely N-dealkylation sites (N-methyl/N-ethyl adjacent to an activating group) is 1. The second-order valence-electron chi connectivity index (χ2n) is 11.1. The molecule has 0 aromatic rings. The molecule has 6 N–H and O–H groups in total. The predicted molar refractivity (Wildman–Crippen MR) is 147 cm³/mol. The molecule has 0 unspecified atom stereocenters. The quantitative estimate of drug-likeness (QED) is 0.217. The molecule has 0 aromatic heterocycles. The second kappa shape index (κ2) is 17.9. The molecule has 2 aliphatic rings. The average molecular weight is 552 g/mol. The summed E-state index contributed by atoms with van der Waals surface area (Å²) in [5, 5.41) is 17.2. The van der Waals surface area contributed by atoms with Gasteiger partial charge in [0.25, 0.3) is 0 Å². The molecule has 2 rings (SSSR count). The van der Waals surface area contributed by atoms with E-state index in [1.807, 2.05) is 0 Å². The lowest BCUT2D eigenvalue weighted by atomic mass is 9.86. The summed E-state index contributed by atoms with van der Waals surface area (Å²) in [6.45, 7) is 3.78. The number of hydrogen-bond acceptors (Lipinski definition) is 7. The van der Waals surface area contributed by atoms with E-state index in [1.54, 1.807) is 6.92 Å². The number of aliphatic carboxylic acids is 1. The smallest absolute Gasteiger partial charge is 0.305 e. The lowest BCUT2D eigenvalue weighted by Gasteiger charge is -2.25. The summed E-state index contributed by atoms with van der Waals surface area (Å²) in [6, 6.07) is -2.35. The van der Waals surface area contributed by atoms with Crippen LogP contribution in [-0.4, -0.2) is 77.9 Å². The van der Waals surface area contributed by atoms with Crippen LogP contribution in [0.4, 0.5) is 0 Å². The first-order valence-corrected chi connectivity index (χ1v) is 14.8. The molecule has 0 bridgehead atoms. The number of rotatable bonds is 14. The molecule has 1 aliphatic heterocycles. The Balaban J connectivity index is 1.84. The summed E-state index contributed by atoms with van der Waals surface area (Å²) in [4.78, 5) is 63.5. The van der Waals surface area contributed by atoms with Crippen molar-refractivity contribution in [3.8, 4) is 0 Å². The van der Waals surface area contributed by atoms with Crippen LogP contribution in [0.1, 0.15) is 96.8 Å². The van der Waals surface area contributed by atoms with Gasteiger partial charge in [-0.05, 0) is 64.0 Å². The lowest BCUT2D eigenvalue weighted by molar-refractivity contribution is -0.143. The third-order valence-corrected chi connectivity index (χ3v) is 7.96. The molecule has 11 nitrogen and oxygen atoms in total. The number of piperidine rings is 1. The van der Waals surface area contributed by atoms with Gasteiger partial charge >= 0.3 is 5.97 Å². The molecule has 1 aliphatic carbocycles. The van der Waals surface area contributed by atoms with Crippen molar-refractivity contribution in [2.75, 3.05) is 26.2 Å². The molecule has 1 saturated carbocycles. The zero-order valence-electron chi connectivity index (χ0n) is 23.6. The van der Waals surface area contributed by atoms with E-state index < -0.39 is 42.2 Å². The first kappa shape index (κ1) is 32.7. The number of nitrogens with one attached hydrogen (secondary N) is 3. The number of carbonyl (C=O) groups excluding carboxylic acids is 4. The topological polar surface area (TPSA) is 171 Å². The van der Waals surface area contributed by atoms with Crippen LogP contribution in [-0.2, 0) is 24.0 Å². The average Bonchev–Trinajstić information content (AvgIpc) is 2.88. The molecule has 1 saturated heterocycles. The maximum Gasteiger partial charge on any atom is 0.305 e. The van der Waals surface area contributed by atoms with Gasteiger partial charge in [0.15, 0.2) is 0 Å². The van der Waals surface area contributed by atoms with E-state index in [4.69, 9.17) is 5.73 Å². The Kier molecular flexibility index (Phi) is 15.0. The third kappa shape index (κ3) is 12.9. The van der Waals surface area contributed by atoms with E-state index in [0.29, 0.717) is 31.2 Å². The summed E-state index contributed by atoms with van der Waals surface area (Å²) >= 11 is 0. The van der Waals surface area contributed by atoms with Crippen LogP contribution in [0, 0.1) is 11.8 Å². The number of carboxylic acid groups (broad SMARTS) is 1. The molecule has 0 radical (unpaired) electrons. The molecule has 1 heterocycles. The van der Waals surface area contributed by atoms with Gasteiger partial charge in [-0.2, -0.15) is 0 Å². The number of carboxylic acids is 1. The standard InChI is InChI=1S/C28H49N5O6/c1-2-33(25(35)12-8-11-20-13-15-30-16-14-20)19-24(34)31-23(18-26(36)37)28(39)32-27(38)22(29)17-21-9-6-4-3-5-7-10-21/h20-23,30H,2-19,29H2,1H3,(H,31,34)(H,36,37)(H,32,38,39)/t22-,23-/m0/s1. The van der Waals surface area contributed by atoms with Gasteiger partial charge in [0.2, 0.25) is 23.6 Å². The van der Waals surface area contributed by atoms with E-state index in [9.17, 15) is 29.1 Å². The van der Waals surface area contributed by atoms with Crippen molar-refractivity contribution in [3.63, 3.8) is 0 Å². The predicted octanol–water partition coefficient (Wildman–Crippen LogP) is 1.69. The molecule has 4 amide bonds. The minimum atomic E-state index is -1.46. The van der Waals surface area contributed by atoms with Crippen LogP contribution in [0.3, 0.4) is 0 Å². The van der Waals surface area contributed by atoms with Gasteiger partial charge in [0, 0.05) is 13.0 Å². The van der Waals surface area contributed by atoms with Crippen molar-refractivity contribution < 1.29 is 29.1 Å². The molecule has 0 spiro atoms. The highest BCUT2D eigenvalue weighted by molar-refractivity contribution is 6.02. The van der Waals surface area contributed by atoms with Crippen LogP contribution < -0.4 is 21.7 Å². The summed E-state index contributed by atoms with van der Waals surface area (Å²) in [7, 11) is 0. The van der Waals surface area contributed by atoms with Gasteiger partial charge in [0.1, 0.15) is 6.04 Å². The van der Waals surface area contributed by atoms with Crippen molar-refractivity contribution in [2.24, 2.45) is 17.6 Å². The lowest BCUT2D eigenvalue weighted by Crippen LogP contribution is -2.54. The van der Waals surface area contributed by atoms with E-state index in [0.717, 1.165) is 64.5 Å². The Morgan fingerprint density at radius 3 is 2.21 bits per heavy atom. The molecular weight excluding hydrogens is 502 g/mol. The molecule has 39 heavy (non-hydrogen) atoms. The Morgan fingerprint density at radius 2 is 1.59 bits per heavy atom. The SMILES string of the molecule is CCN(CC(=O)N[C@@H](CC(=O)O)C(=O)NC(=O)[C@@H](N)CC1CCCCCCC1)C(=O)CCCC1CCNCC1. The zero-order valence-corrected chi connectivity index (χ0v) is 23.6. The highest BCUT2D eigenvalue weighted by Gasteiger charge is 2.29. The van der Waals surface area contributed by atoms with E-state index in [2.05, 4.69) is 16.0 Å². The molecule has 222 valence electrons. The maximum absolute atomic E-state index is 12.8. The van der Waals surface area contributed by atoms with Gasteiger partial charge < -0.3 is 26.4 Å². The number of amides is 4. The fourth-order valence-corrected chi connectivity index (χ4v) is 5.59. The second-order valence-corrected chi connectivity index (χ2v) is 11.1. The van der Waals surface area contributed by atoms with Crippen LogP contribution in [0.25, 0.3) is 0 Å². The van der Waals surface area contributed by atoms with E-state index in [1.165, 1.54) is 24.2 Å². The van der Waals surface area contributed by atoms with Crippen LogP contribution in [0.2, 0.25) is 0 Å². The number of imide groups is 1. The van der Waals surface area contributed by atoms with Gasteiger partial charge in [-0.3, -0.25) is 29.3 Å². The van der Waals surface area contributed by atoms with Crippen molar-refractivity contribution in [1.82, 2.24) is 20.9 Å². The fourth-order valence-electron chi connectivity index (χ4n) is 5.59. The summed E-state index contributed by atoms with van der Waals surface area (Å²) in [6.07, 6.45) is 11.8. The Hall–Kier alpha value is -2.53. The molecule has 0 aromatic carbocycles. The van der Waals surface area contributed by atoms with Crippen molar-refractivity contribution in [3.05, 3.63) is 0 Å². The van der Waals surface area contributed by atoms with Crippen molar-refractivity contribution in [1.29, 1.82) is 0 Å². The fraction of sp³-hybridized carbons (Fsp3) is 0.821. The first-order valence-electron chi connectivity index (χ1n) is 14.8. The highest BCUT2D eigenvalue weighted by atomic mass is 16.4. The summed E-state index contributed by atoms with van der Waals surface area (Å²) < 4.78 is 0. The van der Waals surface area contributed by atoms with Crippen LogP contribution in [0.15, 0.2) is 0 Å². The summed E-state index contributed by atoms with van der Waals surface area (Å²) in [5.74, 6) is -2.78. The minimum Gasteiger partial charge on any atom is -0.481 e. The maximum atomic E-state index is 12.8. The molecule has 2 atom stereocenters. The van der Waals surface area contributed by atoms with Gasteiger partial charge in [-0.25, -0.2) is 0 Å². The number of hydrogen-bond donors (Lipinski definition) is 5. The van der Waals surface area contributed by atoms with Gasteiger partial charge in [-0.15, -0.1) is 0 Å². The molecule has 11 heteroatoms. The normalized spacial score (nSPS) is 18.7. The van der Waals surface area contributed by atoms with E-state index >= 15 is 0 Å². The number of carbonyl (C=O) groups is 5. The Bertz CT molecular complexity index is 808. The van der Waals surface area contributed by atoms with E-state index in [-0.39, 0.29) is 12.5 Å². The minimum absolute atomic E-state index is 0.156. The number of nitrogens with zero attached hydrogens (tertiary/aromatic N) is 1. The van der Waals surface area contributed by atoms with Crippen LogP contribution >= 0.6 is 0 Å². The van der Waals surface area contributed by atoms with Crippen molar-refractivity contribution >= 4 is 29.6 Å². The Labute approximate surface area is 232 Å². The van der Waals surface area contributed by atoms with Gasteiger partial charge in [0.05, 0.1) is 19.0 Å². The molecule has 2 fully saturated rings. The van der Waals surface area contributed by atoms with Crippen molar-refractivity contribution in [2.45, 2.75) is 109 Å². The molecular formula is C28H49N5O6. The monoisotopic (exact) mass is 551 g/mol. The first-order chi connectivity index (χ1) is 18.7. The third-order valence-electron chi connectivity index (χ3n) is 7.96. The van der Waals surface area contributed by atoms with Gasteiger partial charge in [-0.1, -0.05) is 44.9 Å². The largest absolute Gasteiger partial charge is 0.481 e. The highest BCUT2D eigenvalue weighted by Crippen LogP contribution is 2.25. The number of nitrogens with two attached hydrogens (primary N) is 1. The summed E-state index contributed by atoms with van der Waals surface area (Å²) in [5.41, 5.74) is 6.08.